The van der Waals surface area contributed by atoms with E-state index in [-0.39, 0.29) is 24.2 Å². The van der Waals surface area contributed by atoms with Gasteiger partial charge in [0.25, 0.3) is 0 Å². The summed E-state index contributed by atoms with van der Waals surface area (Å²) in [5.41, 5.74) is 6.05. The third kappa shape index (κ3) is 3.26. The van der Waals surface area contributed by atoms with E-state index in [1.54, 1.807) is 6.07 Å². The maximum absolute atomic E-state index is 13.8. The van der Waals surface area contributed by atoms with Crippen molar-refractivity contribution in [2.75, 3.05) is 0 Å². The van der Waals surface area contributed by atoms with Gasteiger partial charge in [0, 0.05) is 23.6 Å². The second-order valence-corrected chi connectivity index (χ2v) is 5.14. The molecule has 1 fully saturated rings. The molecule has 1 aromatic carbocycles. The topological polar surface area (TPSA) is 87.7 Å². The number of hydrogen-bond donors (Lipinski definition) is 3. The average molecular weight is 279 g/mol. The summed E-state index contributed by atoms with van der Waals surface area (Å²) in [5.74, 6) is -0.236. The first kappa shape index (κ1) is 14.3. The third-order valence-electron chi connectivity index (χ3n) is 3.65. The third-order valence-corrected chi connectivity index (χ3v) is 3.65. The lowest BCUT2D eigenvalue weighted by Crippen LogP contribution is -2.30. The number of halogens is 1. The van der Waals surface area contributed by atoms with E-state index < -0.39 is 5.82 Å². The predicted octanol–water partition coefficient (Wildman–Crippen LogP) is 1.58. The van der Waals surface area contributed by atoms with E-state index >= 15 is 0 Å². The number of nitrogens with one attached hydrogen (secondary N) is 1. The number of nitrogens with zero attached hydrogens (tertiary/aromatic N) is 1. The zero-order valence-corrected chi connectivity index (χ0v) is 11.3. The van der Waals surface area contributed by atoms with Crippen LogP contribution in [-0.2, 0) is 11.3 Å². The average Bonchev–Trinajstić information content (AvgIpc) is 3.28. The summed E-state index contributed by atoms with van der Waals surface area (Å²) in [5, 5.41) is 14.1. The minimum atomic E-state index is -0.492. The summed E-state index contributed by atoms with van der Waals surface area (Å²) in [6.45, 7) is 2.03. The molecule has 0 spiro atoms. The summed E-state index contributed by atoms with van der Waals surface area (Å²) in [6.07, 6.45) is 2.19. The summed E-state index contributed by atoms with van der Waals surface area (Å²) in [7, 11) is 0. The number of oxime groups is 1. The Bertz CT molecular complexity index is 541. The highest BCUT2D eigenvalue weighted by Gasteiger charge is 2.32. The van der Waals surface area contributed by atoms with Gasteiger partial charge in [0.2, 0.25) is 5.91 Å². The summed E-state index contributed by atoms with van der Waals surface area (Å²) < 4.78 is 13.8. The molecule has 5 nitrogen and oxygen atoms in total. The normalized spacial score (nSPS) is 16.8. The minimum Gasteiger partial charge on any atom is -0.409 e. The molecular formula is C14H18FN3O2. The predicted molar refractivity (Wildman–Crippen MR) is 72.6 cm³/mol. The molecule has 0 aromatic heterocycles. The first-order chi connectivity index (χ1) is 9.52. The molecule has 108 valence electrons. The first-order valence-electron chi connectivity index (χ1n) is 6.57. The van der Waals surface area contributed by atoms with Crippen molar-refractivity contribution in [1.29, 1.82) is 0 Å². The molecule has 1 saturated carbocycles. The lowest BCUT2D eigenvalue weighted by atomic mass is 10.1. The Balaban J connectivity index is 1.97. The van der Waals surface area contributed by atoms with Crippen LogP contribution in [0.5, 0.6) is 0 Å². The highest BCUT2D eigenvalue weighted by molar-refractivity contribution is 5.97. The molecule has 1 amide bonds. The second kappa shape index (κ2) is 5.90. The molecule has 1 aliphatic rings. The minimum absolute atomic E-state index is 0.0190. The standard InChI is InChI=1S/C14H18FN3O2/c1-8(9-2-3-9)14(19)17-7-11-5-4-10(6-12(11)15)13(16)18-20/h4-6,8-9,20H,2-3,7H2,1H3,(H2,16,18)(H,17,19). The molecule has 1 unspecified atom stereocenters. The Morgan fingerprint density at radius 3 is 2.85 bits per heavy atom. The van der Waals surface area contributed by atoms with Crippen LogP contribution in [0.1, 0.15) is 30.9 Å². The van der Waals surface area contributed by atoms with E-state index in [1.165, 1.54) is 12.1 Å². The van der Waals surface area contributed by atoms with Gasteiger partial charge in [-0.1, -0.05) is 24.2 Å². The molecule has 1 atom stereocenters. The van der Waals surface area contributed by atoms with E-state index in [2.05, 4.69) is 10.5 Å². The maximum Gasteiger partial charge on any atom is 0.223 e. The number of carbonyl (C=O) groups is 1. The first-order valence-corrected chi connectivity index (χ1v) is 6.57. The van der Waals surface area contributed by atoms with Gasteiger partial charge in [0.1, 0.15) is 5.82 Å². The van der Waals surface area contributed by atoms with Crippen LogP contribution >= 0.6 is 0 Å². The van der Waals surface area contributed by atoms with Crippen molar-refractivity contribution >= 4 is 11.7 Å². The fourth-order valence-electron chi connectivity index (χ4n) is 2.06. The molecule has 0 saturated heterocycles. The van der Waals surface area contributed by atoms with Crippen LogP contribution in [0.15, 0.2) is 23.4 Å². The lowest BCUT2D eigenvalue weighted by molar-refractivity contribution is -0.125. The second-order valence-electron chi connectivity index (χ2n) is 5.14. The number of amidine groups is 1. The van der Waals surface area contributed by atoms with Crippen molar-refractivity contribution in [2.45, 2.75) is 26.3 Å². The Morgan fingerprint density at radius 2 is 2.30 bits per heavy atom. The Labute approximate surface area is 116 Å². The van der Waals surface area contributed by atoms with Crippen LogP contribution in [0.2, 0.25) is 0 Å². The van der Waals surface area contributed by atoms with Gasteiger partial charge >= 0.3 is 0 Å². The number of rotatable bonds is 5. The Hall–Kier alpha value is -2.11. The zero-order chi connectivity index (χ0) is 14.7. The highest BCUT2D eigenvalue weighted by Crippen LogP contribution is 2.36. The van der Waals surface area contributed by atoms with Gasteiger partial charge in [-0.25, -0.2) is 4.39 Å². The summed E-state index contributed by atoms with van der Waals surface area (Å²) in [4.78, 5) is 11.8. The van der Waals surface area contributed by atoms with Gasteiger partial charge < -0.3 is 16.3 Å². The highest BCUT2D eigenvalue weighted by atomic mass is 19.1. The van der Waals surface area contributed by atoms with Gasteiger partial charge in [-0.3, -0.25) is 4.79 Å². The van der Waals surface area contributed by atoms with E-state index in [0.717, 1.165) is 12.8 Å². The monoisotopic (exact) mass is 279 g/mol. The quantitative estimate of drug-likeness (QED) is 0.331. The molecule has 0 radical (unpaired) electrons. The Morgan fingerprint density at radius 1 is 1.60 bits per heavy atom. The van der Waals surface area contributed by atoms with Gasteiger partial charge in [-0.05, 0) is 24.8 Å². The molecule has 1 aliphatic carbocycles. The fraction of sp³-hybridized carbons (Fsp3) is 0.429. The molecule has 6 heteroatoms. The largest absolute Gasteiger partial charge is 0.409 e. The van der Waals surface area contributed by atoms with Gasteiger partial charge in [0.05, 0.1) is 0 Å². The zero-order valence-electron chi connectivity index (χ0n) is 11.3. The number of hydrogen-bond acceptors (Lipinski definition) is 3. The molecule has 1 aromatic rings. The molecule has 2 rings (SSSR count). The number of nitrogens with two attached hydrogens (primary N) is 1. The fourth-order valence-corrected chi connectivity index (χ4v) is 2.06. The summed E-state index contributed by atoms with van der Waals surface area (Å²) in [6, 6.07) is 4.25. The van der Waals surface area contributed by atoms with Crippen molar-refractivity contribution in [1.82, 2.24) is 5.32 Å². The van der Waals surface area contributed by atoms with Crippen molar-refractivity contribution in [3.05, 3.63) is 35.1 Å². The van der Waals surface area contributed by atoms with Crippen molar-refractivity contribution in [3.63, 3.8) is 0 Å². The van der Waals surface area contributed by atoms with Gasteiger partial charge in [0.15, 0.2) is 5.84 Å². The number of carbonyl (C=O) groups excluding carboxylic acids is 1. The smallest absolute Gasteiger partial charge is 0.223 e. The van der Waals surface area contributed by atoms with Crippen LogP contribution in [0.25, 0.3) is 0 Å². The van der Waals surface area contributed by atoms with E-state index in [9.17, 15) is 9.18 Å². The Kier molecular flexibility index (Phi) is 4.22. The van der Waals surface area contributed by atoms with E-state index in [0.29, 0.717) is 17.0 Å². The maximum atomic E-state index is 13.8. The van der Waals surface area contributed by atoms with E-state index in [1.807, 2.05) is 6.92 Å². The number of benzene rings is 1. The SMILES string of the molecule is CC(C(=O)NCc1ccc(/C(N)=N/O)cc1F)C1CC1. The molecule has 0 heterocycles. The molecule has 0 bridgehead atoms. The molecule has 0 aliphatic heterocycles. The van der Waals surface area contributed by atoms with Crippen LogP contribution in [0.3, 0.4) is 0 Å². The van der Waals surface area contributed by atoms with Crippen LogP contribution in [0, 0.1) is 17.7 Å². The van der Waals surface area contributed by atoms with Gasteiger partial charge in [-0.2, -0.15) is 0 Å². The molecule has 4 N–H and O–H groups in total. The van der Waals surface area contributed by atoms with E-state index in [4.69, 9.17) is 10.9 Å². The summed E-state index contributed by atoms with van der Waals surface area (Å²) >= 11 is 0. The molecule has 20 heavy (non-hydrogen) atoms. The van der Waals surface area contributed by atoms with Crippen LogP contribution in [0.4, 0.5) is 4.39 Å². The number of amides is 1. The van der Waals surface area contributed by atoms with Crippen LogP contribution < -0.4 is 11.1 Å². The van der Waals surface area contributed by atoms with Crippen molar-refractivity contribution in [2.24, 2.45) is 22.7 Å². The molecular weight excluding hydrogens is 261 g/mol. The van der Waals surface area contributed by atoms with Crippen molar-refractivity contribution < 1.29 is 14.4 Å². The van der Waals surface area contributed by atoms with Crippen LogP contribution in [-0.4, -0.2) is 17.0 Å². The van der Waals surface area contributed by atoms with Crippen molar-refractivity contribution in [3.8, 4) is 0 Å². The lowest BCUT2D eigenvalue weighted by Gasteiger charge is -2.12. The van der Waals surface area contributed by atoms with Gasteiger partial charge in [-0.15, -0.1) is 0 Å².